The van der Waals surface area contributed by atoms with Crippen molar-refractivity contribution in [3.05, 3.63) is 54.1 Å². The number of anilines is 2. The Balaban J connectivity index is 1.49. The van der Waals surface area contributed by atoms with Gasteiger partial charge in [0.1, 0.15) is 5.75 Å². The number of carbonyl (C=O) groups excluding carboxylic acids is 1. The maximum atomic E-state index is 12.4. The topological polar surface area (TPSA) is 78.6 Å². The van der Waals surface area contributed by atoms with Crippen LogP contribution < -0.4 is 11.1 Å². The number of amides is 1. The van der Waals surface area contributed by atoms with Gasteiger partial charge in [-0.15, -0.1) is 0 Å². The van der Waals surface area contributed by atoms with Crippen molar-refractivity contribution in [1.82, 2.24) is 4.90 Å². The number of aromatic hydroxyl groups is 1. The molecule has 0 unspecified atom stereocenters. The number of piperidine rings is 1. The highest BCUT2D eigenvalue weighted by molar-refractivity contribution is 5.92. The Kier molecular flexibility index (Phi) is 5.01. The lowest BCUT2D eigenvalue weighted by atomic mass is 9.95. The fourth-order valence-electron chi connectivity index (χ4n) is 3.09. The fourth-order valence-corrected chi connectivity index (χ4v) is 3.09. The first kappa shape index (κ1) is 16.3. The van der Waals surface area contributed by atoms with Crippen molar-refractivity contribution in [1.29, 1.82) is 0 Å². The minimum absolute atomic E-state index is 0.0379. The molecule has 3 rings (SSSR count). The number of carbonyl (C=O) groups is 1. The lowest BCUT2D eigenvalue weighted by molar-refractivity contribution is -0.121. The predicted octanol–water partition coefficient (Wildman–Crippen LogP) is 2.83. The molecule has 0 saturated carbocycles. The molecule has 1 heterocycles. The van der Waals surface area contributed by atoms with Crippen LogP contribution in [0.15, 0.2) is 48.5 Å². The van der Waals surface area contributed by atoms with E-state index >= 15 is 0 Å². The van der Waals surface area contributed by atoms with E-state index in [-0.39, 0.29) is 17.6 Å². The van der Waals surface area contributed by atoms with Crippen molar-refractivity contribution in [3.8, 4) is 5.75 Å². The maximum Gasteiger partial charge on any atom is 0.227 e. The maximum absolute atomic E-state index is 12.4. The first-order chi connectivity index (χ1) is 11.6. The zero-order valence-electron chi connectivity index (χ0n) is 13.6. The SMILES string of the molecule is Nc1cccc(CN2CCC(C(=O)Nc3ccc(O)cc3)CC2)c1. The quantitative estimate of drug-likeness (QED) is 0.596. The van der Waals surface area contributed by atoms with Crippen molar-refractivity contribution >= 4 is 17.3 Å². The number of phenolic OH excluding ortho intramolecular Hbond substituents is 1. The van der Waals surface area contributed by atoms with Crippen molar-refractivity contribution in [2.45, 2.75) is 19.4 Å². The Bertz CT molecular complexity index is 692. The van der Waals surface area contributed by atoms with Crippen molar-refractivity contribution in [3.63, 3.8) is 0 Å². The highest BCUT2D eigenvalue weighted by Crippen LogP contribution is 2.22. The monoisotopic (exact) mass is 325 g/mol. The molecule has 0 aromatic heterocycles. The van der Waals surface area contributed by atoms with Crippen molar-refractivity contribution in [2.75, 3.05) is 24.1 Å². The van der Waals surface area contributed by atoms with E-state index in [1.165, 1.54) is 5.56 Å². The molecule has 2 aromatic rings. The average Bonchev–Trinajstić information content (AvgIpc) is 2.57. The summed E-state index contributed by atoms with van der Waals surface area (Å²) in [6, 6.07) is 14.5. The summed E-state index contributed by atoms with van der Waals surface area (Å²) in [7, 11) is 0. The molecule has 0 bridgehead atoms. The molecular formula is C19H23N3O2. The summed E-state index contributed by atoms with van der Waals surface area (Å²) in [6.45, 7) is 2.68. The van der Waals surface area contributed by atoms with Gasteiger partial charge in [0.15, 0.2) is 0 Å². The Hall–Kier alpha value is -2.53. The Morgan fingerprint density at radius 3 is 2.54 bits per heavy atom. The number of rotatable bonds is 4. The van der Waals surface area contributed by atoms with Gasteiger partial charge in [-0.25, -0.2) is 0 Å². The second-order valence-electron chi connectivity index (χ2n) is 6.33. The molecule has 4 N–H and O–H groups in total. The molecule has 2 aromatic carbocycles. The van der Waals surface area contributed by atoms with Gasteiger partial charge < -0.3 is 16.2 Å². The first-order valence-electron chi connectivity index (χ1n) is 8.27. The van der Waals surface area contributed by atoms with Crippen molar-refractivity contribution < 1.29 is 9.90 Å². The van der Waals surface area contributed by atoms with E-state index in [1.54, 1.807) is 24.3 Å². The average molecular weight is 325 g/mol. The third-order valence-corrected chi connectivity index (χ3v) is 4.45. The number of nitrogens with two attached hydrogens (primary N) is 1. The van der Waals surface area contributed by atoms with Gasteiger partial charge in [0.05, 0.1) is 0 Å². The number of nitrogen functional groups attached to an aromatic ring is 1. The zero-order valence-corrected chi connectivity index (χ0v) is 13.6. The second-order valence-corrected chi connectivity index (χ2v) is 6.33. The molecule has 1 fully saturated rings. The lowest BCUT2D eigenvalue weighted by Crippen LogP contribution is -2.37. The molecule has 0 spiro atoms. The second kappa shape index (κ2) is 7.36. The summed E-state index contributed by atoms with van der Waals surface area (Å²) in [4.78, 5) is 14.7. The van der Waals surface area contributed by atoms with E-state index in [0.29, 0.717) is 0 Å². The normalized spacial score (nSPS) is 16.0. The minimum Gasteiger partial charge on any atom is -0.508 e. The van der Waals surface area contributed by atoms with E-state index in [4.69, 9.17) is 5.73 Å². The van der Waals surface area contributed by atoms with Crippen LogP contribution in [0.1, 0.15) is 18.4 Å². The molecule has 1 saturated heterocycles. The summed E-state index contributed by atoms with van der Waals surface area (Å²) >= 11 is 0. The van der Waals surface area contributed by atoms with Gasteiger partial charge in [-0.05, 0) is 67.9 Å². The molecule has 1 aliphatic heterocycles. The number of nitrogens with zero attached hydrogens (tertiary/aromatic N) is 1. The molecule has 24 heavy (non-hydrogen) atoms. The molecule has 5 nitrogen and oxygen atoms in total. The van der Waals surface area contributed by atoms with Gasteiger partial charge >= 0.3 is 0 Å². The number of nitrogens with one attached hydrogen (secondary N) is 1. The van der Waals surface area contributed by atoms with Crippen LogP contribution in [0.3, 0.4) is 0 Å². The summed E-state index contributed by atoms with van der Waals surface area (Å²) in [5, 5.41) is 12.2. The van der Waals surface area contributed by atoms with Gasteiger partial charge in [-0.1, -0.05) is 12.1 Å². The molecule has 0 aliphatic carbocycles. The van der Waals surface area contributed by atoms with Gasteiger partial charge in [0.25, 0.3) is 0 Å². The molecule has 1 amide bonds. The highest BCUT2D eigenvalue weighted by Gasteiger charge is 2.25. The van der Waals surface area contributed by atoms with Crippen LogP contribution in [0.5, 0.6) is 5.75 Å². The molecule has 0 atom stereocenters. The van der Waals surface area contributed by atoms with E-state index < -0.39 is 0 Å². The Morgan fingerprint density at radius 1 is 1.17 bits per heavy atom. The smallest absolute Gasteiger partial charge is 0.227 e. The number of hydrogen-bond donors (Lipinski definition) is 3. The first-order valence-corrected chi connectivity index (χ1v) is 8.27. The van der Waals surface area contributed by atoms with Gasteiger partial charge in [0.2, 0.25) is 5.91 Å². The van der Waals surface area contributed by atoms with Crippen LogP contribution in [0, 0.1) is 5.92 Å². The molecular weight excluding hydrogens is 302 g/mol. The summed E-state index contributed by atoms with van der Waals surface area (Å²) < 4.78 is 0. The van der Waals surface area contributed by atoms with Crippen LogP contribution >= 0.6 is 0 Å². The standard InChI is InChI=1S/C19H23N3O2/c20-16-3-1-2-14(12-16)13-22-10-8-15(9-11-22)19(24)21-17-4-6-18(23)7-5-17/h1-7,12,15,23H,8-11,13,20H2,(H,21,24). The largest absolute Gasteiger partial charge is 0.508 e. The van der Waals surface area contributed by atoms with Gasteiger partial charge in [0, 0.05) is 23.8 Å². The summed E-state index contributed by atoms with van der Waals surface area (Å²) in [5.74, 6) is 0.294. The summed E-state index contributed by atoms with van der Waals surface area (Å²) in [5.41, 5.74) is 8.54. The van der Waals surface area contributed by atoms with Crippen LogP contribution in [0.2, 0.25) is 0 Å². The number of hydrogen-bond acceptors (Lipinski definition) is 4. The van der Waals surface area contributed by atoms with Gasteiger partial charge in [-0.2, -0.15) is 0 Å². The zero-order chi connectivity index (χ0) is 16.9. The van der Waals surface area contributed by atoms with E-state index in [0.717, 1.165) is 43.9 Å². The number of benzene rings is 2. The third-order valence-electron chi connectivity index (χ3n) is 4.45. The Labute approximate surface area is 142 Å². The van der Waals surface area contributed by atoms with E-state index in [1.807, 2.05) is 18.2 Å². The number of likely N-dealkylation sites (tertiary alicyclic amines) is 1. The fraction of sp³-hybridized carbons (Fsp3) is 0.316. The molecule has 1 aliphatic rings. The van der Waals surface area contributed by atoms with Crippen LogP contribution in [-0.4, -0.2) is 29.0 Å². The molecule has 5 heteroatoms. The molecule has 126 valence electrons. The Morgan fingerprint density at radius 2 is 1.88 bits per heavy atom. The van der Waals surface area contributed by atoms with Crippen LogP contribution in [0.25, 0.3) is 0 Å². The van der Waals surface area contributed by atoms with Crippen LogP contribution in [-0.2, 0) is 11.3 Å². The van der Waals surface area contributed by atoms with E-state index in [2.05, 4.69) is 16.3 Å². The summed E-state index contributed by atoms with van der Waals surface area (Å²) in [6.07, 6.45) is 1.71. The highest BCUT2D eigenvalue weighted by atomic mass is 16.3. The molecule has 0 radical (unpaired) electrons. The van der Waals surface area contributed by atoms with Crippen LogP contribution in [0.4, 0.5) is 11.4 Å². The predicted molar refractivity (Wildman–Crippen MR) is 95.6 cm³/mol. The lowest BCUT2D eigenvalue weighted by Gasteiger charge is -2.31. The van der Waals surface area contributed by atoms with Gasteiger partial charge in [-0.3, -0.25) is 9.69 Å². The van der Waals surface area contributed by atoms with E-state index in [9.17, 15) is 9.90 Å². The third kappa shape index (κ3) is 4.26. The number of phenols is 1. The minimum atomic E-state index is 0.0379. The van der Waals surface area contributed by atoms with Crippen molar-refractivity contribution in [2.24, 2.45) is 5.92 Å².